The van der Waals surface area contributed by atoms with Crippen molar-refractivity contribution in [2.45, 2.75) is 51.5 Å². The lowest BCUT2D eigenvalue weighted by Crippen LogP contribution is -2.37. The number of rotatable bonds is 4. The lowest BCUT2D eigenvalue weighted by molar-refractivity contribution is -0.125. The van der Waals surface area contributed by atoms with Gasteiger partial charge in [-0.3, -0.25) is 4.79 Å². The van der Waals surface area contributed by atoms with Crippen molar-refractivity contribution in [3.8, 4) is 5.75 Å². The Balaban J connectivity index is 1.55. The Morgan fingerprint density at radius 2 is 2.20 bits per heavy atom. The summed E-state index contributed by atoms with van der Waals surface area (Å²) in [6, 6.07) is 6.59. The number of fused-ring (bicyclic) bond motifs is 1. The van der Waals surface area contributed by atoms with E-state index >= 15 is 0 Å². The van der Waals surface area contributed by atoms with Gasteiger partial charge in [0, 0.05) is 18.4 Å². The molecule has 3 heteroatoms. The quantitative estimate of drug-likeness (QED) is 0.916. The van der Waals surface area contributed by atoms with Crippen LogP contribution in [-0.4, -0.2) is 18.6 Å². The molecule has 0 radical (unpaired) electrons. The van der Waals surface area contributed by atoms with E-state index in [1.54, 1.807) is 0 Å². The van der Waals surface area contributed by atoms with Gasteiger partial charge in [0.05, 0.1) is 6.61 Å². The highest BCUT2D eigenvalue weighted by Gasteiger charge is 2.23. The first-order valence-electron chi connectivity index (χ1n) is 7.77. The molecule has 2 aliphatic rings. The van der Waals surface area contributed by atoms with Crippen molar-refractivity contribution in [3.63, 3.8) is 0 Å². The van der Waals surface area contributed by atoms with E-state index in [2.05, 4.69) is 30.4 Å². The normalized spacial score (nSPS) is 19.4. The van der Waals surface area contributed by atoms with Crippen LogP contribution in [0.15, 0.2) is 18.2 Å². The Kier molecular flexibility index (Phi) is 3.95. The third kappa shape index (κ3) is 2.97. The highest BCUT2D eigenvalue weighted by Crippen LogP contribution is 2.27. The zero-order valence-electron chi connectivity index (χ0n) is 12.2. The molecule has 0 unspecified atom stereocenters. The van der Waals surface area contributed by atoms with Gasteiger partial charge in [-0.15, -0.1) is 0 Å². The first-order chi connectivity index (χ1) is 9.72. The van der Waals surface area contributed by atoms with Gasteiger partial charge in [0.1, 0.15) is 5.75 Å². The van der Waals surface area contributed by atoms with E-state index in [1.165, 1.54) is 24.0 Å². The Labute approximate surface area is 120 Å². The molecular formula is C17H23NO2. The molecule has 3 nitrogen and oxygen atoms in total. The van der Waals surface area contributed by atoms with Gasteiger partial charge in [-0.25, -0.2) is 0 Å². The number of hydrogen-bond donors (Lipinski definition) is 1. The van der Waals surface area contributed by atoms with Crippen molar-refractivity contribution >= 4 is 5.91 Å². The van der Waals surface area contributed by atoms with Crippen LogP contribution in [0.4, 0.5) is 0 Å². The fourth-order valence-corrected chi connectivity index (χ4v) is 3.32. The van der Waals surface area contributed by atoms with Crippen LogP contribution in [0.1, 0.15) is 43.7 Å². The van der Waals surface area contributed by atoms with Crippen LogP contribution in [-0.2, 0) is 17.6 Å². The minimum absolute atomic E-state index is 0.198. The summed E-state index contributed by atoms with van der Waals surface area (Å²) in [4.78, 5) is 12.1. The molecule has 1 fully saturated rings. The maximum atomic E-state index is 12.1. The standard InChI is InChI=1S/C17H23NO2/c1-12(18-17(19)14-4-2-3-5-14)10-13-6-7-16-15(11-13)8-9-20-16/h6-7,11-12,14H,2-5,8-10H2,1H3,(H,18,19)/t12-/m0/s1. The van der Waals surface area contributed by atoms with E-state index in [0.717, 1.165) is 38.0 Å². The number of carbonyl (C=O) groups excluding carboxylic acids is 1. The van der Waals surface area contributed by atoms with Crippen LogP contribution in [0.5, 0.6) is 5.75 Å². The molecule has 1 N–H and O–H groups in total. The van der Waals surface area contributed by atoms with Crippen molar-refractivity contribution < 1.29 is 9.53 Å². The highest BCUT2D eigenvalue weighted by atomic mass is 16.5. The van der Waals surface area contributed by atoms with Crippen LogP contribution in [0.25, 0.3) is 0 Å². The van der Waals surface area contributed by atoms with E-state index in [1.807, 2.05) is 0 Å². The molecule has 1 heterocycles. The van der Waals surface area contributed by atoms with Gasteiger partial charge in [-0.05, 0) is 43.4 Å². The average Bonchev–Trinajstić information content (AvgIpc) is 3.09. The number of amides is 1. The molecule has 1 saturated carbocycles. The van der Waals surface area contributed by atoms with Crippen molar-refractivity contribution in [2.24, 2.45) is 5.92 Å². The average molecular weight is 273 g/mol. The second-order valence-corrected chi connectivity index (χ2v) is 6.14. The number of ether oxygens (including phenoxy) is 1. The van der Waals surface area contributed by atoms with Crippen LogP contribution in [0, 0.1) is 5.92 Å². The summed E-state index contributed by atoms with van der Waals surface area (Å²) in [7, 11) is 0. The van der Waals surface area contributed by atoms with Gasteiger partial charge in [-0.2, -0.15) is 0 Å². The third-order valence-corrected chi connectivity index (χ3v) is 4.41. The molecule has 1 aliphatic heterocycles. The molecule has 20 heavy (non-hydrogen) atoms. The maximum absolute atomic E-state index is 12.1. The molecule has 108 valence electrons. The zero-order valence-corrected chi connectivity index (χ0v) is 12.2. The topological polar surface area (TPSA) is 38.3 Å². The summed E-state index contributed by atoms with van der Waals surface area (Å²) in [6.07, 6.45) is 6.44. The second kappa shape index (κ2) is 5.86. The van der Waals surface area contributed by atoms with E-state index in [0.29, 0.717) is 0 Å². The van der Waals surface area contributed by atoms with Gasteiger partial charge in [0.15, 0.2) is 0 Å². The van der Waals surface area contributed by atoms with E-state index < -0.39 is 0 Å². The Hall–Kier alpha value is -1.51. The van der Waals surface area contributed by atoms with E-state index in [-0.39, 0.29) is 17.9 Å². The van der Waals surface area contributed by atoms with Gasteiger partial charge in [0.25, 0.3) is 0 Å². The lowest BCUT2D eigenvalue weighted by Gasteiger charge is -2.17. The highest BCUT2D eigenvalue weighted by molar-refractivity contribution is 5.79. The fourth-order valence-electron chi connectivity index (χ4n) is 3.32. The fraction of sp³-hybridized carbons (Fsp3) is 0.588. The predicted octanol–water partition coefficient (Wildman–Crippen LogP) is 2.86. The lowest BCUT2D eigenvalue weighted by atomic mass is 10.0. The number of carbonyl (C=O) groups is 1. The molecule has 0 saturated heterocycles. The Morgan fingerprint density at radius 3 is 3.00 bits per heavy atom. The van der Waals surface area contributed by atoms with Crippen molar-refractivity contribution in [3.05, 3.63) is 29.3 Å². The summed E-state index contributed by atoms with van der Waals surface area (Å²) in [5.41, 5.74) is 2.59. The molecular weight excluding hydrogens is 250 g/mol. The number of nitrogens with one attached hydrogen (secondary N) is 1. The molecule has 0 bridgehead atoms. The molecule has 3 rings (SSSR count). The van der Waals surface area contributed by atoms with Crippen molar-refractivity contribution in [1.29, 1.82) is 0 Å². The molecule has 1 aromatic rings. The Bertz CT molecular complexity index is 492. The first-order valence-corrected chi connectivity index (χ1v) is 7.77. The third-order valence-electron chi connectivity index (χ3n) is 4.41. The summed E-state index contributed by atoms with van der Waals surface area (Å²) in [5.74, 6) is 1.53. The minimum Gasteiger partial charge on any atom is -0.493 e. The van der Waals surface area contributed by atoms with Crippen LogP contribution < -0.4 is 10.1 Å². The van der Waals surface area contributed by atoms with Gasteiger partial charge in [0.2, 0.25) is 5.91 Å². The van der Waals surface area contributed by atoms with Gasteiger partial charge in [-0.1, -0.05) is 25.0 Å². The molecule has 1 aliphatic carbocycles. The maximum Gasteiger partial charge on any atom is 0.223 e. The molecule has 0 spiro atoms. The second-order valence-electron chi connectivity index (χ2n) is 6.14. The molecule has 1 aromatic carbocycles. The van der Waals surface area contributed by atoms with Crippen molar-refractivity contribution in [1.82, 2.24) is 5.32 Å². The molecule has 0 aromatic heterocycles. The van der Waals surface area contributed by atoms with Gasteiger partial charge < -0.3 is 10.1 Å². The zero-order chi connectivity index (χ0) is 13.9. The molecule has 1 amide bonds. The molecule has 1 atom stereocenters. The van der Waals surface area contributed by atoms with Crippen molar-refractivity contribution in [2.75, 3.05) is 6.61 Å². The smallest absolute Gasteiger partial charge is 0.223 e. The summed E-state index contributed by atoms with van der Waals surface area (Å²) in [6.45, 7) is 2.89. The first kappa shape index (κ1) is 13.5. The predicted molar refractivity (Wildman–Crippen MR) is 78.9 cm³/mol. The summed E-state index contributed by atoms with van der Waals surface area (Å²) < 4.78 is 5.52. The number of benzene rings is 1. The summed E-state index contributed by atoms with van der Waals surface area (Å²) >= 11 is 0. The van der Waals surface area contributed by atoms with Gasteiger partial charge >= 0.3 is 0 Å². The Morgan fingerprint density at radius 1 is 1.40 bits per heavy atom. The van der Waals surface area contributed by atoms with E-state index in [9.17, 15) is 4.79 Å². The van der Waals surface area contributed by atoms with Crippen LogP contribution >= 0.6 is 0 Å². The SMILES string of the molecule is C[C@@H](Cc1ccc2c(c1)CCO2)NC(=O)C1CCCC1. The minimum atomic E-state index is 0.198. The number of hydrogen-bond acceptors (Lipinski definition) is 2. The largest absolute Gasteiger partial charge is 0.493 e. The monoisotopic (exact) mass is 273 g/mol. The van der Waals surface area contributed by atoms with Crippen LogP contribution in [0.2, 0.25) is 0 Å². The summed E-state index contributed by atoms with van der Waals surface area (Å²) in [5, 5.41) is 3.17. The van der Waals surface area contributed by atoms with Crippen LogP contribution in [0.3, 0.4) is 0 Å². The van der Waals surface area contributed by atoms with E-state index in [4.69, 9.17) is 4.74 Å².